The summed E-state index contributed by atoms with van der Waals surface area (Å²) in [5.41, 5.74) is 2.94. The first kappa shape index (κ1) is 20.9. The molecule has 3 aromatic rings. The zero-order valence-corrected chi connectivity index (χ0v) is 18.5. The van der Waals surface area contributed by atoms with Crippen LogP contribution in [-0.4, -0.2) is 55.1 Å². The topological polar surface area (TPSA) is 63.0 Å². The van der Waals surface area contributed by atoms with Crippen molar-refractivity contribution in [1.82, 2.24) is 9.80 Å². The molecule has 3 heterocycles. The van der Waals surface area contributed by atoms with E-state index in [1.807, 2.05) is 24.3 Å². The third kappa shape index (κ3) is 3.63. The van der Waals surface area contributed by atoms with Gasteiger partial charge in [0.15, 0.2) is 5.43 Å². The van der Waals surface area contributed by atoms with Crippen LogP contribution in [0.3, 0.4) is 0 Å². The van der Waals surface area contributed by atoms with Crippen molar-refractivity contribution in [3.8, 4) is 0 Å². The summed E-state index contributed by atoms with van der Waals surface area (Å²) in [6.07, 6.45) is 0. The van der Waals surface area contributed by atoms with Crippen molar-refractivity contribution in [2.45, 2.75) is 25.8 Å². The highest BCUT2D eigenvalue weighted by atomic mass is 16.5. The molecule has 6 heteroatoms. The lowest BCUT2D eigenvalue weighted by atomic mass is 9.95. The van der Waals surface area contributed by atoms with Gasteiger partial charge in [0.2, 0.25) is 5.76 Å². The van der Waals surface area contributed by atoms with Gasteiger partial charge in [0.05, 0.1) is 30.2 Å². The van der Waals surface area contributed by atoms with Gasteiger partial charge < -0.3 is 14.1 Å². The lowest BCUT2D eigenvalue weighted by molar-refractivity contribution is 0.0314. The number of fused-ring (bicyclic) bond motifs is 2. The molecule has 0 spiro atoms. The SMILES string of the molecule is CC(C)c1ccc(C2c3c(oc4ccccc4c3=O)C(=O)N2CCN2CCOCC2)cc1. The Morgan fingerprint density at radius 1 is 0.969 bits per heavy atom. The van der Waals surface area contributed by atoms with Crippen LogP contribution in [0.15, 0.2) is 57.7 Å². The molecule has 5 rings (SSSR count). The summed E-state index contributed by atoms with van der Waals surface area (Å²) >= 11 is 0. The number of hydrogen-bond acceptors (Lipinski definition) is 5. The first-order valence-corrected chi connectivity index (χ1v) is 11.3. The molecule has 2 aliphatic rings. The Balaban J connectivity index is 1.58. The summed E-state index contributed by atoms with van der Waals surface area (Å²) < 4.78 is 11.5. The Hall–Kier alpha value is -2.96. The van der Waals surface area contributed by atoms with Crippen LogP contribution in [0.1, 0.15) is 53.1 Å². The Labute approximate surface area is 187 Å². The minimum absolute atomic E-state index is 0.123. The second kappa shape index (κ2) is 8.52. The second-order valence-electron chi connectivity index (χ2n) is 8.85. The molecule has 32 heavy (non-hydrogen) atoms. The zero-order chi connectivity index (χ0) is 22.2. The van der Waals surface area contributed by atoms with Gasteiger partial charge in [-0.15, -0.1) is 0 Å². The molecule has 1 unspecified atom stereocenters. The van der Waals surface area contributed by atoms with E-state index in [1.54, 1.807) is 17.0 Å². The molecule has 1 fully saturated rings. The number of morpholine rings is 1. The molecular weight excluding hydrogens is 404 g/mol. The molecule has 166 valence electrons. The predicted molar refractivity (Wildman–Crippen MR) is 123 cm³/mol. The van der Waals surface area contributed by atoms with Gasteiger partial charge in [0.25, 0.3) is 5.91 Å². The number of carbonyl (C=O) groups is 1. The summed E-state index contributed by atoms with van der Waals surface area (Å²) in [6, 6.07) is 15.0. The van der Waals surface area contributed by atoms with Gasteiger partial charge in [-0.3, -0.25) is 14.5 Å². The molecular formula is C26H28N2O4. The third-order valence-electron chi connectivity index (χ3n) is 6.55. The number of amides is 1. The number of hydrogen-bond donors (Lipinski definition) is 0. The largest absolute Gasteiger partial charge is 0.450 e. The summed E-state index contributed by atoms with van der Waals surface area (Å²) in [6.45, 7) is 8.68. The van der Waals surface area contributed by atoms with E-state index < -0.39 is 6.04 Å². The minimum atomic E-state index is -0.444. The van der Waals surface area contributed by atoms with Gasteiger partial charge in [-0.1, -0.05) is 50.2 Å². The maximum absolute atomic E-state index is 13.5. The lowest BCUT2D eigenvalue weighted by Gasteiger charge is -2.31. The van der Waals surface area contributed by atoms with Gasteiger partial charge in [-0.2, -0.15) is 0 Å². The molecule has 6 nitrogen and oxygen atoms in total. The molecule has 2 aromatic carbocycles. The van der Waals surface area contributed by atoms with Crippen molar-refractivity contribution < 1.29 is 13.9 Å². The van der Waals surface area contributed by atoms with Crippen LogP contribution in [0.4, 0.5) is 0 Å². The van der Waals surface area contributed by atoms with Crippen molar-refractivity contribution in [2.75, 3.05) is 39.4 Å². The van der Waals surface area contributed by atoms with Crippen LogP contribution in [0, 0.1) is 0 Å². The summed E-state index contributed by atoms with van der Waals surface area (Å²) in [5.74, 6) is 0.371. The van der Waals surface area contributed by atoms with Crippen LogP contribution in [0.2, 0.25) is 0 Å². The molecule has 1 atom stereocenters. The van der Waals surface area contributed by atoms with Crippen LogP contribution in [-0.2, 0) is 4.74 Å². The molecule has 1 saturated heterocycles. The Morgan fingerprint density at radius 3 is 2.41 bits per heavy atom. The molecule has 1 amide bonds. The number of rotatable bonds is 5. The molecule has 0 radical (unpaired) electrons. The average Bonchev–Trinajstić information content (AvgIpc) is 3.10. The van der Waals surface area contributed by atoms with Crippen LogP contribution in [0.5, 0.6) is 0 Å². The maximum atomic E-state index is 13.5. The Morgan fingerprint density at radius 2 is 1.69 bits per heavy atom. The van der Waals surface area contributed by atoms with Gasteiger partial charge >= 0.3 is 0 Å². The Bertz CT molecular complexity index is 1190. The van der Waals surface area contributed by atoms with E-state index >= 15 is 0 Å². The quantitative estimate of drug-likeness (QED) is 0.614. The number of benzene rings is 2. The first-order chi connectivity index (χ1) is 15.5. The molecule has 2 aliphatic heterocycles. The number of nitrogens with zero attached hydrogens (tertiary/aromatic N) is 2. The molecule has 0 saturated carbocycles. The minimum Gasteiger partial charge on any atom is -0.450 e. The van der Waals surface area contributed by atoms with Crippen LogP contribution in [0.25, 0.3) is 11.0 Å². The molecule has 0 aliphatic carbocycles. The Kier molecular flexibility index (Phi) is 5.57. The first-order valence-electron chi connectivity index (χ1n) is 11.3. The zero-order valence-electron chi connectivity index (χ0n) is 18.5. The summed E-state index contributed by atoms with van der Waals surface area (Å²) in [5, 5.41) is 0.512. The van der Waals surface area contributed by atoms with Crippen molar-refractivity contribution in [1.29, 1.82) is 0 Å². The standard InChI is InChI=1S/C26H28N2O4/c1-17(2)18-7-9-19(10-8-18)23-22-24(29)20-5-3-4-6-21(20)32-25(22)26(30)28(23)12-11-27-13-15-31-16-14-27/h3-10,17,23H,11-16H2,1-2H3. The average molecular weight is 433 g/mol. The fraction of sp³-hybridized carbons (Fsp3) is 0.385. The van der Waals surface area contributed by atoms with Crippen molar-refractivity contribution in [3.05, 3.63) is 81.2 Å². The van der Waals surface area contributed by atoms with Crippen LogP contribution >= 0.6 is 0 Å². The predicted octanol–water partition coefficient (Wildman–Crippen LogP) is 3.79. The fourth-order valence-electron chi connectivity index (χ4n) is 4.68. The summed E-state index contributed by atoms with van der Waals surface area (Å²) in [4.78, 5) is 31.1. The highest BCUT2D eigenvalue weighted by molar-refractivity contribution is 5.99. The number of para-hydroxylation sites is 1. The van der Waals surface area contributed by atoms with Crippen LogP contribution < -0.4 is 5.43 Å². The van der Waals surface area contributed by atoms with Gasteiger partial charge in [0.1, 0.15) is 5.58 Å². The van der Waals surface area contributed by atoms with Crippen molar-refractivity contribution in [2.24, 2.45) is 0 Å². The molecule has 0 N–H and O–H groups in total. The highest BCUT2D eigenvalue weighted by Gasteiger charge is 2.42. The number of ether oxygens (including phenoxy) is 1. The van der Waals surface area contributed by atoms with Gasteiger partial charge in [-0.05, 0) is 29.2 Å². The second-order valence-corrected chi connectivity index (χ2v) is 8.85. The van der Waals surface area contributed by atoms with E-state index in [2.05, 4.69) is 30.9 Å². The van der Waals surface area contributed by atoms with E-state index in [9.17, 15) is 9.59 Å². The smallest absolute Gasteiger partial charge is 0.290 e. The monoisotopic (exact) mass is 432 g/mol. The van der Waals surface area contributed by atoms with Crippen molar-refractivity contribution in [3.63, 3.8) is 0 Å². The van der Waals surface area contributed by atoms with Gasteiger partial charge in [0, 0.05) is 26.2 Å². The van der Waals surface area contributed by atoms with E-state index in [4.69, 9.17) is 9.15 Å². The van der Waals surface area contributed by atoms with E-state index in [0.29, 0.717) is 42.2 Å². The summed E-state index contributed by atoms with van der Waals surface area (Å²) in [7, 11) is 0. The van der Waals surface area contributed by atoms with E-state index in [-0.39, 0.29) is 17.1 Å². The van der Waals surface area contributed by atoms with Crippen molar-refractivity contribution >= 4 is 16.9 Å². The molecule has 0 bridgehead atoms. The third-order valence-corrected chi connectivity index (χ3v) is 6.55. The van der Waals surface area contributed by atoms with E-state index in [0.717, 1.165) is 25.2 Å². The van der Waals surface area contributed by atoms with E-state index in [1.165, 1.54) is 5.56 Å². The normalized spacial score (nSPS) is 19.2. The lowest BCUT2D eigenvalue weighted by Crippen LogP contribution is -2.42. The fourth-order valence-corrected chi connectivity index (χ4v) is 4.68. The maximum Gasteiger partial charge on any atom is 0.290 e. The molecule has 1 aromatic heterocycles. The van der Waals surface area contributed by atoms with Gasteiger partial charge in [-0.25, -0.2) is 0 Å². The number of carbonyl (C=O) groups excluding carboxylic acids is 1. The highest BCUT2D eigenvalue weighted by Crippen LogP contribution is 2.38.